The second-order valence-electron chi connectivity index (χ2n) is 8.03. The minimum absolute atomic E-state index is 0.0285. The highest BCUT2D eigenvalue weighted by molar-refractivity contribution is 5.94. The van der Waals surface area contributed by atoms with Gasteiger partial charge in [0.15, 0.2) is 0 Å². The number of hydrogen-bond donors (Lipinski definition) is 1. The Morgan fingerprint density at radius 2 is 1.52 bits per heavy atom. The summed E-state index contributed by atoms with van der Waals surface area (Å²) in [7, 11) is 0. The van der Waals surface area contributed by atoms with Gasteiger partial charge in [0, 0.05) is 18.7 Å². The first-order valence-electron chi connectivity index (χ1n) is 10.5. The molecule has 27 heavy (non-hydrogen) atoms. The molecule has 0 aromatic heterocycles. The summed E-state index contributed by atoms with van der Waals surface area (Å²) in [4.78, 5) is 15.1. The van der Waals surface area contributed by atoms with Crippen molar-refractivity contribution < 1.29 is 4.79 Å². The molecule has 0 spiro atoms. The van der Waals surface area contributed by atoms with Gasteiger partial charge in [-0.25, -0.2) is 0 Å². The fraction of sp³-hybridized carbons (Fsp3) is 0.458. The summed E-state index contributed by atoms with van der Waals surface area (Å²) in [5.74, 6) is 0.0285. The van der Waals surface area contributed by atoms with E-state index in [1.165, 1.54) is 61.9 Å². The van der Waals surface area contributed by atoms with Gasteiger partial charge < -0.3 is 5.32 Å². The number of nitrogens with zero attached hydrogens (tertiary/aromatic N) is 1. The maximum Gasteiger partial charge on any atom is 0.251 e. The van der Waals surface area contributed by atoms with Crippen LogP contribution in [0.1, 0.15) is 64.7 Å². The molecule has 0 bridgehead atoms. The molecule has 142 valence electrons. The first-order chi connectivity index (χ1) is 13.3. The van der Waals surface area contributed by atoms with Crippen LogP contribution in [-0.2, 0) is 25.9 Å². The van der Waals surface area contributed by atoms with Gasteiger partial charge in [0.05, 0.1) is 0 Å². The van der Waals surface area contributed by atoms with Crippen molar-refractivity contribution in [2.75, 3.05) is 13.1 Å². The third kappa shape index (κ3) is 4.78. The van der Waals surface area contributed by atoms with E-state index in [1.807, 2.05) is 6.07 Å². The Bertz CT molecular complexity index is 775. The first-order valence-corrected chi connectivity index (χ1v) is 10.5. The fourth-order valence-electron chi connectivity index (χ4n) is 4.30. The van der Waals surface area contributed by atoms with E-state index in [-0.39, 0.29) is 5.91 Å². The maximum atomic E-state index is 12.5. The van der Waals surface area contributed by atoms with Crippen LogP contribution in [0.15, 0.2) is 42.5 Å². The zero-order valence-corrected chi connectivity index (χ0v) is 16.2. The van der Waals surface area contributed by atoms with Crippen molar-refractivity contribution in [3.63, 3.8) is 0 Å². The molecule has 0 atom stereocenters. The van der Waals surface area contributed by atoms with Crippen molar-refractivity contribution in [3.05, 3.63) is 70.3 Å². The molecule has 0 radical (unpaired) electrons. The van der Waals surface area contributed by atoms with Crippen LogP contribution in [0.3, 0.4) is 0 Å². The topological polar surface area (TPSA) is 32.3 Å². The van der Waals surface area contributed by atoms with Crippen LogP contribution < -0.4 is 5.32 Å². The van der Waals surface area contributed by atoms with E-state index in [1.54, 1.807) is 0 Å². The number of carbonyl (C=O) groups is 1. The van der Waals surface area contributed by atoms with Crippen LogP contribution in [0, 0.1) is 0 Å². The summed E-state index contributed by atoms with van der Waals surface area (Å²) in [6.45, 7) is 4.07. The van der Waals surface area contributed by atoms with Crippen molar-refractivity contribution in [3.8, 4) is 0 Å². The molecule has 0 unspecified atom stereocenters. The van der Waals surface area contributed by atoms with E-state index >= 15 is 0 Å². The van der Waals surface area contributed by atoms with Crippen molar-refractivity contribution in [1.82, 2.24) is 10.2 Å². The molecule has 1 saturated heterocycles. The molecule has 2 aromatic rings. The number of rotatable bonds is 5. The largest absolute Gasteiger partial charge is 0.348 e. The van der Waals surface area contributed by atoms with Gasteiger partial charge in [0.2, 0.25) is 0 Å². The van der Waals surface area contributed by atoms with E-state index in [4.69, 9.17) is 0 Å². The molecule has 1 aliphatic carbocycles. The number of benzene rings is 2. The summed E-state index contributed by atoms with van der Waals surface area (Å²) in [5.41, 5.74) is 6.08. The van der Waals surface area contributed by atoms with E-state index < -0.39 is 0 Å². The molecule has 2 aromatic carbocycles. The monoisotopic (exact) mass is 362 g/mol. The number of hydrogen-bond acceptors (Lipinski definition) is 2. The Hall–Kier alpha value is -2.13. The average Bonchev–Trinajstić information content (AvgIpc) is 2.73. The lowest BCUT2D eigenvalue weighted by atomic mass is 9.90. The standard InChI is InChI=1S/C24H30N2O/c27-24(23-13-12-21-6-2-3-7-22(21)16-23)25-17-19-8-10-20(11-9-19)18-26-14-4-1-5-15-26/h8-13,16H,1-7,14-15,17-18H2,(H,25,27). The first kappa shape index (κ1) is 18.2. The Kier molecular flexibility index (Phi) is 5.88. The molecule has 2 aliphatic rings. The van der Waals surface area contributed by atoms with E-state index in [9.17, 15) is 4.79 Å². The third-order valence-electron chi connectivity index (χ3n) is 5.94. The van der Waals surface area contributed by atoms with Gasteiger partial charge in [-0.3, -0.25) is 9.69 Å². The number of nitrogens with one attached hydrogen (secondary N) is 1. The molecule has 3 heteroatoms. The SMILES string of the molecule is O=C(NCc1ccc(CN2CCCCC2)cc1)c1ccc2c(c1)CCCC2. The second-order valence-corrected chi connectivity index (χ2v) is 8.03. The molecule has 4 rings (SSSR count). The summed E-state index contributed by atoms with van der Waals surface area (Å²) >= 11 is 0. The quantitative estimate of drug-likeness (QED) is 0.850. The van der Waals surface area contributed by atoms with Crippen molar-refractivity contribution in [2.45, 2.75) is 58.0 Å². The predicted octanol–water partition coefficient (Wildman–Crippen LogP) is 4.48. The number of piperidine rings is 1. The third-order valence-corrected chi connectivity index (χ3v) is 5.94. The molecular weight excluding hydrogens is 332 g/mol. The molecule has 0 saturated carbocycles. The van der Waals surface area contributed by atoms with Crippen LogP contribution >= 0.6 is 0 Å². The highest BCUT2D eigenvalue weighted by atomic mass is 16.1. The lowest BCUT2D eigenvalue weighted by molar-refractivity contribution is 0.0951. The Morgan fingerprint density at radius 3 is 2.30 bits per heavy atom. The van der Waals surface area contributed by atoms with Crippen LogP contribution in [0.5, 0.6) is 0 Å². The highest BCUT2D eigenvalue weighted by Gasteiger charge is 2.13. The lowest BCUT2D eigenvalue weighted by Crippen LogP contribution is -2.29. The van der Waals surface area contributed by atoms with E-state index in [2.05, 4.69) is 46.6 Å². The molecule has 1 N–H and O–H groups in total. The normalized spacial score (nSPS) is 17.3. The minimum Gasteiger partial charge on any atom is -0.348 e. The van der Waals surface area contributed by atoms with Crippen molar-refractivity contribution in [1.29, 1.82) is 0 Å². The zero-order valence-electron chi connectivity index (χ0n) is 16.2. The van der Waals surface area contributed by atoms with E-state index in [0.717, 1.165) is 30.5 Å². The predicted molar refractivity (Wildman–Crippen MR) is 110 cm³/mol. The molecule has 1 amide bonds. The van der Waals surface area contributed by atoms with Gasteiger partial charge in [0.1, 0.15) is 0 Å². The van der Waals surface area contributed by atoms with Gasteiger partial charge >= 0.3 is 0 Å². The van der Waals surface area contributed by atoms with Gasteiger partial charge in [-0.05, 0) is 86.0 Å². The summed E-state index contributed by atoms with van der Waals surface area (Å²) in [6.07, 6.45) is 8.79. The second kappa shape index (κ2) is 8.71. The number of fused-ring (bicyclic) bond motifs is 1. The van der Waals surface area contributed by atoms with Gasteiger partial charge in [-0.1, -0.05) is 36.8 Å². The van der Waals surface area contributed by atoms with Gasteiger partial charge in [0.25, 0.3) is 5.91 Å². The lowest BCUT2D eigenvalue weighted by Gasteiger charge is -2.26. The highest BCUT2D eigenvalue weighted by Crippen LogP contribution is 2.22. The van der Waals surface area contributed by atoms with Gasteiger partial charge in [-0.15, -0.1) is 0 Å². The number of aryl methyl sites for hydroxylation is 2. The summed E-state index contributed by atoms with van der Waals surface area (Å²) < 4.78 is 0. The number of likely N-dealkylation sites (tertiary alicyclic amines) is 1. The minimum atomic E-state index is 0.0285. The number of carbonyl (C=O) groups excluding carboxylic acids is 1. The van der Waals surface area contributed by atoms with Crippen LogP contribution in [0.4, 0.5) is 0 Å². The van der Waals surface area contributed by atoms with Crippen molar-refractivity contribution in [2.24, 2.45) is 0 Å². The van der Waals surface area contributed by atoms with Crippen LogP contribution in [0.25, 0.3) is 0 Å². The Morgan fingerprint density at radius 1 is 0.815 bits per heavy atom. The smallest absolute Gasteiger partial charge is 0.251 e. The van der Waals surface area contributed by atoms with Crippen LogP contribution in [-0.4, -0.2) is 23.9 Å². The Labute approximate surface area is 162 Å². The van der Waals surface area contributed by atoms with Crippen LogP contribution in [0.2, 0.25) is 0 Å². The van der Waals surface area contributed by atoms with Crippen molar-refractivity contribution >= 4 is 5.91 Å². The Balaban J connectivity index is 1.31. The molecule has 1 aliphatic heterocycles. The maximum absolute atomic E-state index is 12.5. The van der Waals surface area contributed by atoms with Gasteiger partial charge in [-0.2, -0.15) is 0 Å². The number of amides is 1. The summed E-state index contributed by atoms with van der Waals surface area (Å²) in [5, 5.41) is 3.07. The van der Waals surface area contributed by atoms with E-state index in [0.29, 0.717) is 6.54 Å². The molecule has 1 heterocycles. The summed E-state index contributed by atoms with van der Waals surface area (Å²) in [6, 6.07) is 14.9. The fourth-order valence-corrected chi connectivity index (χ4v) is 4.30. The molecule has 1 fully saturated rings. The molecule has 3 nitrogen and oxygen atoms in total. The molecular formula is C24H30N2O. The zero-order chi connectivity index (χ0) is 18.5. The average molecular weight is 363 g/mol.